The first kappa shape index (κ1) is 14.3. The summed E-state index contributed by atoms with van der Waals surface area (Å²) in [5, 5.41) is 1.61. The van der Waals surface area contributed by atoms with Crippen molar-refractivity contribution in [2.24, 2.45) is 0 Å². The van der Waals surface area contributed by atoms with E-state index < -0.39 is 11.7 Å². The fraction of sp³-hybridized carbons (Fsp3) is 0.0714. The number of carbonyl (C=O) groups excluding carboxylic acids is 1. The van der Waals surface area contributed by atoms with Crippen LogP contribution in [0, 0.1) is 0 Å². The molecule has 5 heteroatoms. The van der Waals surface area contributed by atoms with Crippen molar-refractivity contribution >= 4 is 43.3 Å². The van der Waals surface area contributed by atoms with Crippen LogP contribution in [0.15, 0.2) is 53.9 Å². The molecule has 1 heterocycles. The van der Waals surface area contributed by atoms with E-state index >= 15 is 0 Å². The van der Waals surface area contributed by atoms with Crippen LogP contribution in [0.4, 0.5) is 8.78 Å². The minimum atomic E-state index is -3.49. The second-order valence-corrected chi connectivity index (χ2v) is 5.90. The zero-order valence-electron chi connectivity index (χ0n) is 9.65. The molecule has 1 nitrogen and oxygen atoms in total. The Morgan fingerprint density at radius 3 is 2.42 bits per heavy atom. The third-order valence-electron chi connectivity index (χ3n) is 2.41. The molecule has 0 aliphatic carbocycles. The molecule has 2 aromatic rings. The molecule has 2 rings (SSSR count). The van der Waals surface area contributed by atoms with Crippen LogP contribution in [0.2, 0.25) is 0 Å². The normalized spacial score (nSPS) is 12.5. The molecule has 0 saturated carbocycles. The lowest BCUT2D eigenvalue weighted by Crippen LogP contribution is -2.25. The fourth-order valence-corrected chi connectivity index (χ4v) is 2.93. The highest BCUT2D eigenvalue weighted by Crippen LogP contribution is 2.31. The maximum absolute atomic E-state index is 13.9. The van der Waals surface area contributed by atoms with E-state index in [1.54, 1.807) is 35.7 Å². The summed E-state index contributed by atoms with van der Waals surface area (Å²) in [6.45, 7) is 0. The van der Waals surface area contributed by atoms with Crippen LogP contribution in [0.3, 0.4) is 0 Å². The predicted octanol–water partition coefficient (Wildman–Crippen LogP) is 5.04. The summed E-state index contributed by atoms with van der Waals surface area (Å²) in [6, 6.07) is 11.8. The molecule has 0 radical (unpaired) electrons. The highest BCUT2D eigenvalue weighted by molar-refractivity contribution is 14.1. The highest BCUT2D eigenvalue weighted by atomic mass is 127. The first-order chi connectivity index (χ1) is 9.00. The molecule has 0 spiro atoms. The lowest BCUT2D eigenvalue weighted by atomic mass is 10.1. The van der Waals surface area contributed by atoms with E-state index in [2.05, 4.69) is 0 Å². The molecular formula is C14H9F2IOS. The van der Waals surface area contributed by atoms with Crippen molar-refractivity contribution in [3.05, 3.63) is 64.4 Å². The molecule has 0 aliphatic rings. The molecule has 1 aromatic heterocycles. The molecule has 0 amide bonds. The van der Waals surface area contributed by atoms with Gasteiger partial charge < -0.3 is 0 Å². The van der Waals surface area contributed by atoms with Crippen molar-refractivity contribution < 1.29 is 13.6 Å². The van der Waals surface area contributed by atoms with Crippen LogP contribution < -0.4 is 0 Å². The van der Waals surface area contributed by atoms with Crippen LogP contribution in [0.5, 0.6) is 0 Å². The van der Waals surface area contributed by atoms with Gasteiger partial charge in [0.15, 0.2) is 0 Å². The number of allylic oxidation sites excluding steroid dienone is 1. The maximum atomic E-state index is 13.9. The molecule has 0 fully saturated rings. The number of Topliss-reactive ketones (excluding diaryl/α,β-unsaturated/α-hetero) is 1. The minimum Gasteiger partial charge on any atom is -0.286 e. The number of hydrogen-bond acceptors (Lipinski definition) is 2. The number of benzene rings is 1. The van der Waals surface area contributed by atoms with Crippen molar-refractivity contribution in [2.45, 2.75) is 5.92 Å². The Morgan fingerprint density at radius 1 is 1.16 bits per heavy atom. The lowest BCUT2D eigenvalue weighted by Gasteiger charge is -2.10. The summed E-state index contributed by atoms with van der Waals surface area (Å²) in [5.74, 6) is -4.65. The van der Waals surface area contributed by atoms with Crippen molar-refractivity contribution in [1.82, 2.24) is 0 Å². The number of ketones is 1. The van der Waals surface area contributed by atoms with E-state index in [9.17, 15) is 13.6 Å². The predicted molar refractivity (Wildman–Crippen MR) is 82.0 cm³/mol. The fourth-order valence-electron chi connectivity index (χ4n) is 1.48. The molecule has 0 saturated heterocycles. The Balaban J connectivity index is 2.28. The van der Waals surface area contributed by atoms with E-state index in [0.29, 0.717) is 15.2 Å². The van der Waals surface area contributed by atoms with E-state index in [1.807, 2.05) is 28.7 Å². The summed E-state index contributed by atoms with van der Waals surface area (Å²) in [6.07, 6.45) is 0.713. The quantitative estimate of drug-likeness (QED) is 0.528. The third kappa shape index (κ3) is 3.48. The molecular weight excluding hydrogens is 381 g/mol. The van der Waals surface area contributed by atoms with Crippen molar-refractivity contribution in [2.75, 3.05) is 0 Å². The van der Waals surface area contributed by atoms with Gasteiger partial charge in [-0.3, -0.25) is 4.79 Å². The topological polar surface area (TPSA) is 17.1 Å². The van der Waals surface area contributed by atoms with Gasteiger partial charge in [0, 0.05) is 9.66 Å². The summed E-state index contributed by atoms with van der Waals surface area (Å²) in [4.78, 5) is 11.8. The van der Waals surface area contributed by atoms with Crippen LogP contribution in [-0.4, -0.2) is 11.7 Å². The van der Waals surface area contributed by atoms with Gasteiger partial charge in [-0.1, -0.05) is 36.4 Å². The molecule has 19 heavy (non-hydrogen) atoms. The van der Waals surface area contributed by atoms with Crippen molar-refractivity contribution in [1.29, 1.82) is 0 Å². The van der Waals surface area contributed by atoms with Crippen LogP contribution in [0.25, 0.3) is 3.58 Å². The first-order valence-electron chi connectivity index (χ1n) is 5.40. The van der Waals surface area contributed by atoms with Gasteiger partial charge in [-0.05, 0) is 39.6 Å². The number of alkyl halides is 2. The zero-order chi connectivity index (χ0) is 13.9. The maximum Gasteiger partial charge on any atom is 0.330 e. The van der Waals surface area contributed by atoms with E-state index in [0.717, 1.165) is 11.3 Å². The average molecular weight is 390 g/mol. The van der Waals surface area contributed by atoms with Gasteiger partial charge in [-0.2, -0.15) is 8.78 Å². The first-order valence-corrected chi connectivity index (χ1v) is 7.36. The largest absolute Gasteiger partial charge is 0.330 e. The van der Waals surface area contributed by atoms with Gasteiger partial charge in [0.1, 0.15) is 0 Å². The van der Waals surface area contributed by atoms with Crippen molar-refractivity contribution in [3.8, 4) is 0 Å². The van der Waals surface area contributed by atoms with Crippen LogP contribution >= 0.6 is 33.9 Å². The van der Waals surface area contributed by atoms with E-state index in [1.165, 1.54) is 6.07 Å². The van der Waals surface area contributed by atoms with Gasteiger partial charge in [-0.25, -0.2) is 0 Å². The molecule has 0 bridgehead atoms. The third-order valence-corrected chi connectivity index (χ3v) is 4.21. The Hall–Kier alpha value is -1.08. The van der Waals surface area contributed by atoms with Gasteiger partial charge in [-0.15, -0.1) is 11.3 Å². The second-order valence-electron chi connectivity index (χ2n) is 3.79. The molecule has 0 unspecified atom stereocenters. The van der Waals surface area contributed by atoms with E-state index in [4.69, 9.17) is 0 Å². The number of hydrogen-bond donors (Lipinski definition) is 0. The summed E-state index contributed by atoms with van der Waals surface area (Å²) in [5.41, 5.74) is 0.668. The molecule has 0 N–H and O–H groups in total. The summed E-state index contributed by atoms with van der Waals surface area (Å²) in [7, 11) is 0. The van der Waals surface area contributed by atoms with E-state index in [-0.39, 0.29) is 4.88 Å². The SMILES string of the molecule is O=C(c1cccs1)C(F)(F)/C=C(/I)c1ccccc1. The van der Waals surface area contributed by atoms with Crippen molar-refractivity contribution in [3.63, 3.8) is 0 Å². The Labute approximate surface area is 127 Å². The number of halogens is 3. The molecule has 0 aliphatic heterocycles. The van der Waals surface area contributed by atoms with Gasteiger partial charge >= 0.3 is 5.92 Å². The number of carbonyl (C=O) groups is 1. The standard InChI is InChI=1S/C14H9F2IOS/c15-14(16,13(18)12-7-4-8-19-12)9-11(17)10-5-2-1-3-6-10/h1-9H/b11-9+. The van der Waals surface area contributed by atoms with Gasteiger partial charge in [0.25, 0.3) is 0 Å². The van der Waals surface area contributed by atoms with Crippen LogP contribution in [-0.2, 0) is 0 Å². The Bertz CT molecular complexity index is 591. The molecule has 1 aromatic carbocycles. The zero-order valence-corrected chi connectivity index (χ0v) is 12.6. The molecule has 0 atom stereocenters. The van der Waals surface area contributed by atoms with Gasteiger partial charge in [0.05, 0.1) is 4.88 Å². The highest BCUT2D eigenvalue weighted by Gasteiger charge is 2.37. The summed E-state index contributed by atoms with van der Waals surface area (Å²) >= 11 is 2.84. The summed E-state index contributed by atoms with van der Waals surface area (Å²) < 4.78 is 28.1. The lowest BCUT2D eigenvalue weighted by molar-refractivity contribution is 0.0389. The Morgan fingerprint density at radius 2 is 1.84 bits per heavy atom. The monoisotopic (exact) mass is 390 g/mol. The molecule has 98 valence electrons. The van der Waals surface area contributed by atoms with Gasteiger partial charge in [0.2, 0.25) is 5.78 Å². The number of rotatable bonds is 4. The Kier molecular flexibility index (Phi) is 4.46. The minimum absolute atomic E-state index is 0.0681. The van der Waals surface area contributed by atoms with Crippen LogP contribution in [0.1, 0.15) is 15.2 Å². The second kappa shape index (κ2) is 5.92. The smallest absolute Gasteiger partial charge is 0.286 e. The average Bonchev–Trinajstić information content (AvgIpc) is 2.92. The number of thiophene rings is 1.